The standard InChI is InChI=1S/C13H20/c1-3-8-7-12-11-6-2-5-10(13(11)12)9(8)4-1/h8-13H,1-7H2. The third kappa shape index (κ3) is 0.831. The first-order valence-electron chi connectivity index (χ1n) is 6.45. The summed E-state index contributed by atoms with van der Waals surface area (Å²) in [5, 5.41) is 0. The van der Waals surface area contributed by atoms with Crippen LogP contribution in [0.25, 0.3) is 0 Å². The summed E-state index contributed by atoms with van der Waals surface area (Å²) in [5.41, 5.74) is 0. The zero-order valence-corrected chi connectivity index (χ0v) is 8.41. The molecule has 0 saturated heterocycles. The molecule has 13 heavy (non-hydrogen) atoms. The van der Waals surface area contributed by atoms with Crippen LogP contribution in [0.2, 0.25) is 0 Å². The van der Waals surface area contributed by atoms with Crippen molar-refractivity contribution in [3.8, 4) is 0 Å². The summed E-state index contributed by atoms with van der Waals surface area (Å²) >= 11 is 0. The van der Waals surface area contributed by atoms with Gasteiger partial charge in [0.05, 0.1) is 0 Å². The number of hydrogen-bond donors (Lipinski definition) is 0. The molecule has 4 aliphatic carbocycles. The molecule has 4 fully saturated rings. The molecule has 0 aromatic carbocycles. The second-order valence-electron chi connectivity index (χ2n) is 6.09. The van der Waals surface area contributed by atoms with Crippen molar-refractivity contribution in [3.05, 3.63) is 0 Å². The molecular weight excluding hydrogens is 156 g/mol. The molecule has 72 valence electrons. The Labute approximate surface area is 81.1 Å². The number of fused-ring (bicyclic) bond motifs is 3. The van der Waals surface area contributed by atoms with Crippen molar-refractivity contribution < 1.29 is 0 Å². The van der Waals surface area contributed by atoms with Gasteiger partial charge in [-0.1, -0.05) is 19.3 Å². The summed E-state index contributed by atoms with van der Waals surface area (Å²) in [7, 11) is 0. The fourth-order valence-corrected chi connectivity index (χ4v) is 5.40. The summed E-state index contributed by atoms with van der Waals surface area (Å²) in [6.07, 6.45) is 11.2. The Kier molecular flexibility index (Phi) is 1.31. The van der Waals surface area contributed by atoms with E-state index in [0.717, 1.165) is 0 Å². The molecule has 0 heterocycles. The van der Waals surface area contributed by atoms with E-state index in [1.807, 2.05) is 0 Å². The lowest BCUT2D eigenvalue weighted by Crippen LogP contribution is -2.27. The molecule has 0 amide bonds. The van der Waals surface area contributed by atoms with E-state index in [0.29, 0.717) is 0 Å². The fourth-order valence-electron chi connectivity index (χ4n) is 5.40. The van der Waals surface area contributed by atoms with Gasteiger partial charge in [-0.05, 0) is 61.2 Å². The molecule has 0 N–H and O–H groups in total. The molecule has 6 unspecified atom stereocenters. The van der Waals surface area contributed by atoms with Crippen LogP contribution in [0.5, 0.6) is 0 Å². The van der Waals surface area contributed by atoms with Crippen LogP contribution < -0.4 is 0 Å². The molecule has 4 rings (SSSR count). The molecule has 0 nitrogen and oxygen atoms in total. The molecule has 0 aliphatic heterocycles. The van der Waals surface area contributed by atoms with Gasteiger partial charge in [-0.15, -0.1) is 0 Å². The third-order valence-corrected chi connectivity index (χ3v) is 5.81. The van der Waals surface area contributed by atoms with Gasteiger partial charge >= 0.3 is 0 Å². The molecule has 0 heteroatoms. The van der Waals surface area contributed by atoms with Crippen LogP contribution in [-0.2, 0) is 0 Å². The quantitative estimate of drug-likeness (QED) is 0.530. The molecule has 0 aromatic rings. The first-order chi connectivity index (χ1) is 6.45. The summed E-state index contributed by atoms with van der Waals surface area (Å²) < 4.78 is 0. The molecule has 6 atom stereocenters. The van der Waals surface area contributed by atoms with Crippen molar-refractivity contribution >= 4 is 0 Å². The Hall–Kier alpha value is 0. The van der Waals surface area contributed by atoms with E-state index < -0.39 is 0 Å². The van der Waals surface area contributed by atoms with Gasteiger partial charge in [0.2, 0.25) is 0 Å². The van der Waals surface area contributed by atoms with Crippen molar-refractivity contribution in [1.29, 1.82) is 0 Å². The van der Waals surface area contributed by atoms with Crippen LogP contribution in [0.3, 0.4) is 0 Å². The van der Waals surface area contributed by atoms with Crippen molar-refractivity contribution in [3.63, 3.8) is 0 Å². The highest BCUT2D eigenvalue weighted by Crippen LogP contribution is 2.68. The van der Waals surface area contributed by atoms with Gasteiger partial charge in [0, 0.05) is 0 Å². The maximum atomic E-state index is 1.65. The van der Waals surface area contributed by atoms with E-state index in [1.165, 1.54) is 35.5 Å². The van der Waals surface area contributed by atoms with Gasteiger partial charge in [0.25, 0.3) is 0 Å². The average molecular weight is 176 g/mol. The van der Waals surface area contributed by atoms with Gasteiger partial charge in [-0.3, -0.25) is 0 Å². The SMILES string of the molecule is C1CC2CC3C4CCCC(C2C1)C43. The Morgan fingerprint density at radius 2 is 1.31 bits per heavy atom. The minimum Gasteiger partial charge on any atom is -0.0527 e. The molecule has 0 radical (unpaired) electrons. The zero-order chi connectivity index (χ0) is 8.41. The summed E-state index contributed by atoms with van der Waals surface area (Å²) in [5.74, 6) is 7.30. The second kappa shape index (κ2) is 2.32. The normalized spacial score (nSPS) is 62.8. The van der Waals surface area contributed by atoms with E-state index in [-0.39, 0.29) is 0 Å². The Morgan fingerprint density at radius 1 is 0.615 bits per heavy atom. The Balaban J connectivity index is 1.68. The maximum Gasteiger partial charge on any atom is -0.0321 e. The van der Waals surface area contributed by atoms with E-state index in [9.17, 15) is 0 Å². The Bertz CT molecular complexity index is 232. The number of rotatable bonds is 0. The Morgan fingerprint density at radius 3 is 2.23 bits per heavy atom. The summed E-state index contributed by atoms with van der Waals surface area (Å²) in [6.45, 7) is 0. The van der Waals surface area contributed by atoms with Gasteiger partial charge in [0.15, 0.2) is 0 Å². The summed E-state index contributed by atoms with van der Waals surface area (Å²) in [6, 6.07) is 0. The molecular formula is C13H20. The van der Waals surface area contributed by atoms with Gasteiger partial charge in [-0.25, -0.2) is 0 Å². The van der Waals surface area contributed by atoms with Crippen molar-refractivity contribution in [2.75, 3.05) is 0 Å². The lowest BCUT2D eigenvalue weighted by Gasteiger charge is -2.34. The zero-order valence-electron chi connectivity index (χ0n) is 8.41. The van der Waals surface area contributed by atoms with E-state index in [2.05, 4.69) is 0 Å². The van der Waals surface area contributed by atoms with Crippen LogP contribution >= 0.6 is 0 Å². The van der Waals surface area contributed by atoms with Crippen LogP contribution in [0.15, 0.2) is 0 Å². The summed E-state index contributed by atoms with van der Waals surface area (Å²) in [4.78, 5) is 0. The van der Waals surface area contributed by atoms with Gasteiger partial charge in [0.1, 0.15) is 0 Å². The third-order valence-electron chi connectivity index (χ3n) is 5.81. The smallest absolute Gasteiger partial charge is 0.0321 e. The van der Waals surface area contributed by atoms with E-state index in [4.69, 9.17) is 0 Å². The van der Waals surface area contributed by atoms with Crippen LogP contribution in [0, 0.1) is 35.5 Å². The minimum atomic E-state index is 1.19. The monoisotopic (exact) mass is 176 g/mol. The highest BCUT2D eigenvalue weighted by atomic mass is 14.7. The molecule has 0 aromatic heterocycles. The van der Waals surface area contributed by atoms with Crippen LogP contribution in [-0.4, -0.2) is 0 Å². The molecule has 4 saturated carbocycles. The lowest BCUT2D eigenvalue weighted by molar-refractivity contribution is 0.148. The largest absolute Gasteiger partial charge is 0.0527 e. The van der Waals surface area contributed by atoms with Crippen molar-refractivity contribution in [2.45, 2.75) is 44.9 Å². The second-order valence-corrected chi connectivity index (χ2v) is 6.09. The van der Waals surface area contributed by atoms with Crippen molar-refractivity contribution in [2.24, 2.45) is 35.5 Å². The molecule has 4 aliphatic rings. The van der Waals surface area contributed by atoms with Gasteiger partial charge < -0.3 is 0 Å². The fraction of sp³-hybridized carbons (Fsp3) is 1.00. The van der Waals surface area contributed by atoms with E-state index >= 15 is 0 Å². The predicted molar refractivity (Wildman–Crippen MR) is 53.3 cm³/mol. The molecule has 0 spiro atoms. The van der Waals surface area contributed by atoms with Crippen LogP contribution in [0.4, 0.5) is 0 Å². The maximum absolute atomic E-state index is 1.65. The predicted octanol–water partition coefficient (Wildman–Crippen LogP) is 3.47. The van der Waals surface area contributed by atoms with Gasteiger partial charge in [-0.2, -0.15) is 0 Å². The first kappa shape index (κ1) is 7.31. The minimum absolute atomic E-state index is 1.19. The topological polar surface area (TPSA) is 0 Å². The average Bonchev–Trinajstić information content (AvgIpc) is 2.68. The van der Waals surface area contributed by atoms with Crippen LogP contribution in [0.1, 0.15) is 44.9 Å². The first-order valence-corrected chi connectivity index (χ1v) is 6.45. The molecule has 0 bridgehead atoms. The highest BCUT2D eigenvalue weighted by molar-refractivity contribution is 5.10. The number of hydrogen-bond acceptors (Lipinski definition) is 0. The lowest BCUT2D eigenvalue weighted by atomic mass is 9.71. The van der Waals surface area contributed by atoms with E-state index in [1.54, 1.807) is 44.9 Å². The van der Waals surface area contributed by atoms with Crippen molar-refractivity contribution in [1.82, 2.24) is 0 Å². The highest BCUT2D eigenvalue weighted by Gasteiger charge is 2.61.